The Morgan fingerprint density at radius 1 is 1.12 bits per heavy atom. The topological polar surface area (TPSA) is 47.6 Å². The lowest BCUT2D eigenvalue weighted by molar-refractivity contribution is -0.297. The molecule has 4 heteroatoms. The van der Waals surface area contributed by atoms with E-state index in [4.69, 9.17) is 4.89 Å². The first kappa shape index (κ1) is 13.5. The maximum absolute atomic E-state index is 11.4. The Hall–Kier alpha value is -1.55. The minimum Gasteiger partial charge on any atom is -0.289 e. The molecule has 0 saturated carbocycles. The van der Waals surface area contributed by atoms with Gasteiger partial charge in [-0.3, -0.25) is 10.2 Å². The highest BCUT2D eigenvalue weighted by molar-refractivity contribution is 5.84. The van der Waals surface area contributed by atoms with Crippen LogP contribution in [0.4, 0.5) is 10.5 Å². The summed E-state index contributed by atoms with van der Waals surface area (Å²) >= 11 is 0. The van der Waals surface area contributed by atoms with E-state index in [0.29, 0.717) is 5.69 Å². The Morgan fingerprint density at radius 2 is 1.65 bits per heavy atom. The smallest absolute Gasteiger partial charge is 0.289 e. The monoisotopic (exact) mass is 237 g/mol. The summed E-state index contributed by atoms with van der Waals surface area (Å²) in [6.07, 6.45) is -0.620. The van der Waals surface area contributed by atoms with Gasteiger partial charge >= 0.3 is 6.09 Å². The van der Waals surface area contributed by atoms with Crippen LogP contribution in [0, 0.1) is 13.8 Å². The maximum atomic E-state index is 11.4. The van der Waals surface area contributed by atoms with Gasteiger partial charge in [0.2, 0.25) is 0 Å². The predicted octanol–water partition coefficient (Wildman–Crippen LogP) is 3.58. The van der Waals surface area contributed by atoms with Crippen LogP contribution in [0.5, 0.6) is 0 Å². The van der Waals surface area contributed by atoms with Crippen molar-refractivity contribution in [1.29, 1.82) is 0 Å². The zero-order valence-electron chi connectivity index (χ0n) is 11.0. The second kappa shape index (κ2) is 5.19. The number of hydrogen-bond acceptors (Lipinski definition) is 3. The fraction of sp³-hybridized carbons (Fsp3) is 0.462. The van der Waals surface area contributed by atoms with Crippen molar-refractivity contribution >= 4 is 11.8 Å². The lowest BCUT2D eigenvalue weighted by atomic mass is 10.1. The highest BCUT2D eigenvalue weighted by Crippen LogP contribution is 2.14. The van der Waals surface area contributed by atoms with Gasteiger partial charge in [-0.2, -0.15) is 4.89 Å². The summed E-state index contributed by atoms with van der Waals surface area (Å²) in [6.45, 7) is 9.34. The van der Waals surface area contributed by atoms with Crippen LogP contribution in [0.25, 0.3) is 0 Å². The second-order valence-electron chi connectivity index (χ2n) is 5.07. The highest BCUT2D eigenvalue weighted by Gasteiger charge is 2.15. The molecule has 0 saturated heterocycles. The summed E-state index contributed by atoms with van der Waals surface area (Å²) in [5.74, 6) is 0. The van der Waals surface area contributed by atoms with Gasteiger partial charge < -0.3 is 0 Å². The lowest BCUT2D eigenvalue weighted by Gasteiger charge is -2.16. The number of anilines is 1. The molecule has 1 rings (SSSR count). The first-order chi connectivity index (χ1) is 7.76. The second-order valence-corrected chi connectivity index (χ2v) is 5.07. The molecular formula is C13H19NO3. The van der Waals surface area contributed by atoms with Crippen molar-refractivity contribution < 1.29 is 14.6 Å². The quantitative estimate of drug-likeness (QED) is 0.631. The molecule has 0 bridgehead atoms. The van der Waals surface area contributed by atoms with Crippen molar-refractivity contribution in [2.45, 2.75) is 40.2 Å². The number of carbonyl (C=O) groups is 1. The van der Waals surface area contributed by atoms with Crippen LogP contribution in [-0.2, 0) is 9.78 Å². The molecule has 0 aliphatic carbocycles. The summed E-state index contributed by atoms with van der Waals surface area (Å²) in [5, 5.41) is 2.61. The Morgan fingerprint density at radius 3 is 2.12 bits per heavy atom. The maximum Gasteiger partial charge on any atom is 0.443 e. The third-order valence-corrected chi connectivity index (χ3v) is 1.84. The van der Waals surface area contributed by atoms with E-state index in [1.165, 1.54) is 0 Å². The SMILES string of the molecule is Cc1cc(C)cc(NC(=O)OOC(C)(C)C)c1. The van der Waals surface area contributed by atoms with Gasteiger partial charge in [-0.15, -0.1) is 0 Å². The molecule has 1 aromatic rings. The zero-order valence-corrected chi connectivity index (χ0v) is 11.0. The van der Waals surface area contributed by atoms with Crippen molar-refractivity contribution in [1.82, 2.24) is 0 Å². The van der Waals surface area contributed by atoms with Gasteiger partial charge in [0.15, 0.2) is 0 Å². The molecule has 0 spiro atoms. The van der Waals surface area contributed by atoms with Gasteiger partial charge in [-0.05, 0) is 57.9 Å². The van der Waals surface area contributed by atoms with E-state index in [-0.39, 0.29) is 0 Å². The number of benzene rings is 1. The van der Waals surface area contributed by atoms with E-state index in [1.807, 2.05) is 32.0 Å². The van der Waals surface area contributed by atoms with Crippen LogP contribution in [-0.4, -0.2) is 11.7 Å². The molecule has 0 aromatic heterocycles. The zero-order chi connectivity index (χ0) is 13.1. The fourth-order valence-electron chi connectivity index (χ4n) is 1.35. The van der Waals surface area contributed by atoms with Gasteiger partial charge in [0, 0.05) is 5.69 Å². The van der Waals surface area contributed by atoms with E-state index in [2.05, 4.69) is 10.2 Å². The lowest BCUT2D eigenvalue weighted by Crippen LogP contribution is -2.24. The minimum atomic E-state index is -0.620. The molecule has 1 amide bonds. The van der Waals surface area contributed by atoms with E-state index in [9.17, 15) is 4.79 Å². The summed E-state index contributed by atoms with van der Waals surface area (Å²) in [4.78, 5) is 21.0. The van der Waals surface area contributed by atoms with Crippen molar-refractivity contribution in [2.24, 2.45) is 0 Å². The van der Waals surface area contributed by atoms with Gasteiger partial charge in [0.05, 0.1) is 0 Å². The first-order valence-electron chi connectivity index (χ1n) is 5.51. The molecule has 0 aliphatic rings. The number of rotatable bonds is 2. The molecule has 0 heterocycles. The van der Waals surface area contributed by atoms with Crippen molar-refractivity contribution in [3.05, 3.63) is 29.3 Å². The molecule has 0 radical (unpaired) electrons. The molecular weight excluding hydrogens is 218 g/mol. The van der Waals surface area contributed by atoms with Crippen LogP contribution in [0.1, 0.15) is 31.9 Å². The van der Waals surface area contributed by atoms with Crippen LogP contribution in [0.3, 0.4) is 0 Å². The van der Waals surface area contributed by atoms with Gasteiger partial charge in [0.25, 0.3) is 0 Å². The molecule has 1 aromatic carbocycles. The minimum absolute atomic E-state index is 0.514. The van der Waals surface area contributed by atoms with E-state index >= 15 is 0 Å². The van der Waals surface area contributed by atoms with Gasteiger partial charge in [0.1, 0.15) is 5.60 Å². The summed E-state index contributed by atoms with van der Waals surface area (Å²) in [6, 6.07) is 5.76. The normalized spacial score (nSPS) is 11.1. The average molecular weight is 237 g/mol. The first-order valence-corrected chi connectivity index (χ1v) is 5.51. The van der Waals surface area contributed by atoms with Gasteiger partial charge in [-0.25, -0.2) is 4.79 Å². The van der Waals surface area contributed by atoms with Crippen LogP contribution < -0.4 is 5.32 Å². The van der Waals surface area contributed by atoms with Crippen molar-refractivity contribution in [2.75, 3.05) is 5.32 Å². The van der Waals surface area contributed by atoms with Crippen LogP contribution in [0.2, 0.25) is 0 Å². The Kier molecular flexibility index (Phi) is 4.12. The number of amides is 1. The summed E-state index contributed by atoms with van der Waals surface area (Å²) in [7, 11) is 0. The largest absolute Gasteiger partial charge is 0.443 e. The molecule has 0 aliphatic heterocycles. The molecule has 0 fully saturated rings. The molecule has 1 N–H and O–H groups in total. The molecule has 0 atom stereocenters. The summed E-state index contributed by atoms with van der Waals surface area (Å²) < 4.78 is 0. The standard InChI is InChI=1S/C13H19NO3/c1-9-6-10(2)8-11(7-9)14-12(15)16-17-13(3,4)5/h6-8H,1-5H3,(H,14,15). The molecule has 0 unspecified atom stereocenters. The molecule has 17 heavy (non-hydrogen) atoms. The van der Waals surface area contributed by atoms with E-state index in [0.717, 1.165) is 11.1 Å². The van der Waals surface area contributed by atoms with Crippen molar-refractivity contribution in [3.63, 3.8) is 0 Å². The number of carbonyl (C=O) groups excluding carboxylic acids is 1. The third-order valence-electron chi connectivity index (χ3n) is 1.84. The number of hydrogen-bond donors (Lipinski definition) is 1. The molecule has 94 valence electrons. The van der Waals surface area contributed by atoms with E-state index in [1.54, 1.807) is 20.8 Å². The van der Waals surface area contributed by atoms with Crippen LogP contribution >= 0.6 is 0 Å². The Balaban J connectivity index is 2.56. The fourth-order valence-corrected chi connectivity index (χ4v) is 1.35. The average Bonchev–Trinajstić information content (AvgIpc) is 2.11. The number of nitrogens with one attached hydrogen (secondary N) is 1. The van der Waals surface area contributed by atoms with Gasteiger partial charge in [-0.1, -0.05) is 6.07 Å². The summed E-state index contributed by atoms with van der Waals surface area (Å²) in [5.41, 5.74) is 2.35. The Bertz CT molecular complexity index is 387. The third kappa shape index (κ3) is 5.36. The predicted molar refractivity (Wildman–Crippen MR) is 66.9 cm³/mol. The highest BCUT2D eigenvalue weighted by atomic mass is 17.2. The van der Waals surface area contributed by atoms with Crippen LogP contribution in [0.15, 0.2) is 18.2 Å². The Labute approximate surface area is 102 Å². The van der Waals surface area contributed by atoms with Crippen molar-refractivity contribution in [3.8, 4) is 0 Å². The molecule has 4 nitrogen and oxygen atoms in total. The van der Waals surface area contributed by atoms with E-state index < -0.39 is 11.7 Å². The number of aryl methyl sites for hydroxylation is 2.